The standard InChI is InChI=1S/C23H22N6O2/c1-17-14-22(26-23(25-17)19-4-2-5-21(15-19)29(30)31)28-11-3-10-27(12-13-28)20-8-6-18(16-24)7-9-20/h2,4-9,14-15H,3,10-13H2,1H3. The van der Waals surface area contributed by atoms with E-state index in [9.17, 15) is 10.1 Å². The highest BCUT2D eigenvalue weighted by molar-refractivity contribution is 5.61. The molecular weight excluding hydrogens is 392 g/mol. The molecule has 0 unspecified atom stereocenters. The fourth-order valence-electron chi connectivity index (χ4n) is 3.75. The lowest BCUT2D eigenvalue weighted by molar-refractivity contribution is -0.384. The predicted octanol–water partition coefficient (Wildman–Crippen LogP) is 3.95. The summed E-state index contributed by atoms with van der Waals surface area (Å²) in [7, 11) is 0. The summed E-state index contributed by atoms with van der Waals surface area (Å²) in [6.07, 6.45) is 0.967. The number of nitro benzene ring substituents is 1. The van der Waals surface area contributed by atoms with Crippen LogP contribution in [0.4, 0.5) is 17.2 Å². The van der Waals surface area contributed by atoms with Crippen LogP contribution < -0.4 is 9.80 Å². The van der Waals surface area contributed by atoms with E-state index < -0.39 is 4.92 Å². The normalized spacial score (nSPS) is 14.1. The molecular formula is C23H22N6O2. The Bertz CT molecular complexity index is 1140. The van der Waals surface area contributed by atoms with Crippen molar-refractivity contribution >= 4 is 17.2 Å². The summed E-state index contributed by atoms with van der Waals surface area (Å²) in [6, 6.07) is 18.2. The lowest BCUT2D eigenvalue weighted by atomic mass is 10.2. The minimum atomic E-state index is -0.410. The number of benzene rings is 2. The zero-order chi connectivity index (χ0) is 21.8. The zero-order valence-electron chi connectivity index (χ0n) is 17.2. The molecule has 1 fully saturated rings. The van der Waals surface area contributed by atoms with Gasteiger partial charge in [-0.25, -0.2) is 9.97 Å². The van der Waals surface area contributed by atoms with E-state index in [1.807, 2.05) is 37.3 Å². The fourth-order valence-corrected chi connectivity index (χ4v) is 3.75. The van der Waals surface area contributed by atoms with Gasteiger partial charge in [-0.2, -0.15) is 5.26 Å². The minimum absolute atomic E-state index is 0.0250. The monoisotopic (exact) mass is 414 g/mol. The summed E-state index contributed by atoms with van der Waals surface area (Å²) < 4.78 is 0. The third-order valence-corrected chi connectivity index (χ3v) is 5.34. The number of non-ortho nitro benzene ring substituents is 1. The highest BCUT2D eigenvalue weighted by atomic mass is 16.6. The van der Waals surface area contributed by atoms with Gasteiger partial charge < -0.3 is 9.80 Å². The Labute approximate surface area is 180 Å². The van der Waals surface area contributed by atoms with Crippen LogP contribution in [0.3, 0.4) is 0 Å². The molecule has 8 nitrogen and oxygen atoms in total. The molecule has 0 bridgehead atoms. The molecule has 1 saturated heterocycles. The number of hydrogen-bond donors (Lipinski definition) is 0. The molecule has 0 saturated carbocycles. The van der Waals surface area contributed by atoms with Crippen LogP contribution in [0.1, 0.15) is 17.7 Å². The zero-order valence-corrected chi connectivity index (χ0v) is 17.2. The first-order valence-electron chi connectivity index (χ1n) is 10.1. The van der Waals surface area contributed by atoms with Crippen LogP contribution in [0.15, 0.2) is 54.6 Å². The molecule has 0 radical (unpaired) electrons. The van der Waals surface area contributed by atoms with E-state index in [1.54, 1.807) is 12.1 Å². The van der Waals surface area contributed by atoms with Gasteiger partial charge in [0.25, 0.3) is 5.69 Å². The highest BCUT2D eigenvalue weighted by Crippen LogP contribution is 2.25. The van der Waals surface area contributed by atoms with Gasteiger partial charge in [0.2, 0.25) is 0 Å². The molecule has 156 valence electrons. The highest BCUT2D eigenvalue weighted by Gasteiger charge is 2.18. The van der Waals surface area contributed by atoms with Crippen molar-refractivity contribution < 1.29 is 4.92 Å². The fraction of sp³-hybridized carbons (Fsp3) is 0.261. The van der Waals surface area contributed by atoms with Crippen LogP contribution in [0.25, 0.3) is 11.4 Å². The average Bonchev–Trinajstić information content (AvgIpc) is 3.05. The molecule has 1 aromatic heterocycles. The van der Waals surface area contributed by atoms with Crippen molar-refractivity contribution in [1.82, 2.24) is 9.97 Å². The summed E-state index contributed by atoms with van der Waals surface area (Å²) in [5.74, 6) is 1.32. The number of nitro groups is 1. The van der Waals surface area contributed by atoms with E-state index >= 15 is 0 Å². The first-order chi connectivity index (χ1) is 15.0. The Morgan fingerprint density at radius 3 is 2.48 bits per heavy atom. The molecule has 0 atom stereocenters. The van der Waals surface area contributed by atoms with Gasteiger partial charge >= 0.3 is 0 Å². The molecule has 0 aliphatic carbocycles. The Morgan fingerprint density at radius 2 is 1.74 bits per heavy atom. The summed E-state index contributed by atoms with van der Waals surface area (Å²) in [5.41, 5.74) is 3.24. The van der Waals surface area contributed by atoms with E-state index in [4.69, 9.17) is 10.2 Å². The second kappa shape index (κ2) is 8.79. The van der Waals surface area contributed by atoms with Crippen LogP contribution in [0.2, 0.25) is 0 Å². The van der Waals surface area contributed by atoms with Gasteiger partial charge in [-0.05, 0) is 37.6 Å². The molecule has 1 aliphatic heterocycles. The number of aromatic nitrogens is 2. The Balaban J connectivity index is 1.55. The van der Waals surface area contributed by atoms with Crippen molar-refractivity contribution in [3.63, 3.8) is 0 Å². The van der Waals surface area contributed by atoms with Crippen molar-refractivity contribution in [1.29, 1.82) is 5.26 Å². The average molecular weight is 414 g/mol. The van der Waals surface area contributed by atoms with Gasteiger partial charge in [-0.3, -0.25) is 10.1 Å². The second-order valence-electron chi connectivity index (χ2n) is 7.48. The van der Waals surface area contributed by atoms with Crippen molar-refractivity contribution in [2.75, 3.05) is 36.0 Å². The quantitative estimate of drug-likeness (QED) is 0.471. The van der Waals surface area contributed by atoms with Gasteiger partial charge in [0.15, 0.2) is 5.82 Å². The van der Waals surface area contributed by atoms with Gasteiger partial charge in [0.1, 0.15) is 5.82 Å². The van der Waals surface area contributed by atoms with Gasteiger partial charge in [-0.15, -0.1) is 0 Å². The van der Waals surface area contributed by atoms with Crippen molar-refractivity contribution in [2.45, 2.75) is 13.3 Å². The molecule has 2 aromatic carbocycles. The Hall–Kier alpha value is -3.99. The second-order valence-corrected chi connectivity index (χ2v) is 7.48. The maximum absolute atomic E-state index is 11.1. The summed E-state index contributed by atoms with van der Waals surface area (Å²) >= 11 is 0. The predicted molar refractivity (Wildman–Crippen MR) is 119 cm³/mol. The largest absolute Gasteiger partial charge is 0.370 e. The molecule has 0 N–H and O–H groups in total. The summed E-state index contributed by atoms with van der Waals surface area (Å²) in [4.78, 5) is 24.5. The molecule has 0 spiro atoms. The van der Waals surface area contributed by atoms with E-state index in [2.05, 4.69) is 20.9 Å². The van der Waals surface area contributed by atoms with Crippen LogP contribution in [-0.4, -0.2) is 41.1 Å². The summed E-state index contributed by atoms with van der Waals surface area (Å²) in [6.45, 7) is 5.32. The number of anilines is 2. The summed E-state index contributed by atoms with van der Waals surface area (Å²) in [5, 5.41) is 20.1. The smallest absolute Gasteiger partial charge is 0.270 e. The number of aryl methyl sites for hydroxylation is 1. The van der Waals surface area contributed by atoms with Gasteiger partial charge in [0.05, 0.1) is 16.6 Å². The maximum atomic E-state index is 11.1. The van der Waals surface area contributed by atoms with E-state index in [-0.39, 0.29) is 5.69 Å². The van der Waals surface area contributed by atoms with Gasteiger partial charge in [0, 0.05) is 61.3 Å². The molecule has 0 amide bonds. The molecule has 8 heteroatoms. The van der Waals surface area contributed by atoms with Crippen molar-refractivity contribution in [3.8, 4) is 17.5 Å². The molecule has 2 heterocycles. The molecule has 31 heavy (non-hydrogen) atoms. The SMILES string of the molecule is Cc1cc(N2CCCN(c3ccc(C#N)cc3)CC2)nc(-c2cccc([N+](=O)[O-])c2)n1. The third-order valence-electron chi connectivity index (χ3n) is 5.34. The van der Waals surface area contributed by atoms with Gasteiger partial charge in [-0.1, -0.05) is 12.1 Å². The lowest BCUT2D eigenvalue weighted by Crippen LogP contribution is -2.31. The van der Waals surface area contributed by atoms with Crippen LogP contribution in [0, 0.1) is 28.4 Å². The van der Waals surface area contributed by atoms with Crippen LogP contribution in [0.5, 0.6) is 0 Å². The molecule has 4 rings (SSSR count). The van der Waals surface area contributed by atoms with E-state index in [1.165, 1.54) is 12.1 Å². The number of nitrogens with zero attached hydrogens (tertiary/aromatic N) is 6. The van der Waals surface area contributed by atoms with Crippen molar-refractivity contribution in [2.24, 2.45) is 0 Å². The van der Waals surface area contributed by atoms with Crippen LogP contribution >= 0.6 is 0 Å². The molecule has 1 aliphatic rings. The van der Waals surface area contributed by atoms with E-state index in [0.717, 1.165) is 49.8 Å². The minimum Gasteiger partial charge on any atom is -0.370 e. The topological polar surface area (TPSA) is 99.2 Å². The number of hydrogen-bond acceptors (Lipinski definition) is 7. The van der Waals surface area contributed by atoms with Crippen LogP contribution in [-0.2, 0) is 0 Å². The lowest BCUT2D eigenvalue weighted by Gasteiger charge is -2.24. The Morgan fingerprint density at radius 1 is 1.00 bits per heavy atom. The number of nitriles is 1. The first-order valence-corrected chi connectivity index (χ1v) is 10.1. The number of rotatable bonds is 4. The van der Waals surface area contributed by atoms with Crippen molar-refractivity contribution in [3.05, 3.63) is 76.0 Å². The maximum Gasteiger partial charge on any atom is 0.270 e. The first kappa shape index (κ1) is 20.3. The molecule has 3 aromatic rings. The Kier molecular flexibility index (Phi) is 5.76. The van der Waals surface area contributed by atoms with E-state index in [0.29, 0.717) is 17.0 Å². The third kappa shape index (κ3) is 4.61.